The third kappa shape index (κ3) is 3.14. The summed E-state index contributed by atoms with van der Waals surface area (Å²) >= 11 is 4.55. The van der Waals surface area contributed by atoms with Crippen molar-refractivity contribution in [2.24, 2.45) is 0 Å². The Bertz CT molecular complexity index is 1200. The van der Waals surface area contributed by atoms with Crippen molar-refractivity contribution in [2.75, 3.05) is 6.61 Å². The number of ketones is 1. The van der Waals surface area contributed by atoms with E-state index in [0.717, 1.165) is 36.9 Å². The van der Waals surface area contributed by atoms with Crippen molar-refractivity contribution >= 4 is 56.9 Å². The van der Waals surface area contributed by atoms with E-state index in [-0.39, 0.29) is 18.2 Å². The van der Waals surface area contributed by atoms with Gasteiger partial charge >= 0.3 is 5.97 Å². The lowest BCUT2D eigenvalue weighted by atomic mass is 9.75. The summed E-state index contributed by atoms with van der Waals surface area (Å²) in [5, 5.41) is 0. The van der Waals surface area contributed by atoms with Crippen molar-refractivity contribution < 1.29 is 23.8 Å². The van der Waals surface area contributed by atoms with Crippen molar-refractivity contribution in [3.63, 3.8) is 0 Å². The molecule has 0 aromatic heterocycles. The van der Waals surface area contributed by atoms with Crippen LogP contribution in [0.15, 0.2) is 53.8 Å². The summed E-state index contributed by atoms with van der Waals surface area (Å²) < 4.78 is 20.3. The average Bonchev–Trinajstić information content (AvgIpc) is 3.04. The fraction of sp³-hybridized carbons (Fsp3) is 0.250. The smallest absolute Gasteiger partial charge is 0.340 e. The van der Waals surface area contributed by atoms with Gasteiger partial charge in [-0.3, -0.25) is 4.79 Å². The quantitative estimate of drug-likeness (QED) is 0.245. The summed E-state index contributed by atoms with van der Waals surface area (Å²) in [5.41, 5.74) is 1.63. The standard InChI is InChI=1S/C24H18I2O5/c1-2-3-10-29-19-12-18-20(22(26)21(19)25)24(16-9-8-13(27)11-17(16)30-18)15-7-5-4-6-14(15)23(28)31-24/h4-7,9,11-12H,2-3,8,10H2,1H3. The van der Waals surface area contributed by atoms with Gasteiger partial charge in [0.05, 0.1) is 21.3 Å². The van der Waals surface area contributed by atoms with E-state index in [2.05, 4.69) is 52.1 Å². The number of rotatable bonds is 4. The van der Waals surface area contributed by atoms with Crippen molar-refractivity contribution in [1.82, 2.24) is 0 Å². The highest BCUT2D eigenvalue weighted by atomic mass is 127. The van der Waals surface area contributed by atoms with Crippen molar-refractivity contribution in [2.45, 2.75) is 31.8 Å². The largest absolute Gasteiger partial charge is 0.492 e. The predicted octanol–water partition coefficient (Wildman–Crippen LogP) is 5.66. The molecule has 2 aromatic carbocycles. The van der Waals surface area contributed by atoms with E-state index in [1.807, 2.05) is 30.3 Å². The van der Waals surface area contributed by atoms with Crippen molar-refractivity contribution in [3.8, 4) is 11.5 Å². The van der Waals surface area contributed by atoms with E-state index in [1.165, 1.54) is 6.08 Å². The van der Waals surface area contributed by atoms with Crippen LogP contribution in [0.4, 0.5) is 0 Å². The number of allylic oxidation sites excluding steroid dienone is 2. The van der Waals surface area contributed by atoms with Crippen LogP contribution in [0.2, 0.25) is 0 Å². The molecule has 0 bridgehead atoms. The van der Waals surface area contributed by atoms with Crippen LogP contribution < -0.4 is 9.47 Å². The maximum atomic E-state index is 12.9. The van der Waals surface area contributed by atoms with Gasteiger partial charge in [0.2, 0.25) is 0 Å². The van der Waals surface area contributed by atoms with Gasteiger partial charge in [-0.05, 0) is 57.7 Å². The highest BCUT2D eigenvalue weighted by Crippen LogP contribution is 2.58. The van der Waals surface area contributed by atoms with Crippen LogP contribution in [-0.2, 0) is 15.1 Å². The number of unbranched alkanes of at least 4 members (excludes halogenated alkanes) is 1. The molecule has 7 heteroatoms. The van der Waals surface area contributed by atoms with E-state index < -0.39 is 5.60 Å². The number of carbonyl (C=O) groups is 2. The average molecular weight is 640 g/mol. The van der Waals surface area contributed by atoms with Gasteiger partial charge in [-0.25, -0.2) is 4.79 Å². The maximum absolute atomic E-state index is 12.9. The SMILES string of the molecule is CCCCOc1cc2c(c(I)c1I)C1(OC(=O)c3ccccc31)C1=CCC(=O)C=C1O2. The minimum absolute atomic E-state index is 0.0467. The van der Waals surface area contributed by atoms with Crippen LogP contribution >= 0.6 is 45.2 Å². The minimum atomic E-state index is -1.15. The molecule has 5 nitrogen and oxygen atoms in total. The Morgan fingerprint density at radius 2 is 1.97 bits per heavy atom. The Kier molecular flexibility index (Phi) is 5.36. The molecular weight excluding hydrogens is 622 g/mol. The number of halogens is 2. The lowest BCUT2D eigenvalue weighted by Crippen LogP contribution is -2.38. The fourth-order valence-corrected chi connectivity index (χ4v) is 5.76. The lowest BCUT2D eigenvalue weighted by Gasteiger charge is -2.40. The number of ether oxygens (including phenoxy) is 3. The third-order valence-corrected chi connectivity index (χ3v) is 8.86. The zero-order valence-electron chi connectivity index (χ0n) is 16.7. The Labute approximate surface area is 207 Å². The lowest BCUT2D eigenvalue weighted by molar-refractivity contribution is -0.114. The van der Waals surface area contributed by atoms with E-state index >= 15 is 0 Å². The highest BCUT2D eigenvalue weighted by Gasteiger charge is 2.56. The van der Waals surface area contributed by atoms with Gasteiger partial charge in [0.1, 0.15) is 17.3 Å². The molecular formula is C24H18I2O5. The van der Waals surface area contributed by atoms with E-state index in [4.69, 9.17) is 14.2 Å². The number of hydrogen-bond donors (Lipinski definition) is 0. The Morgan fingerprint density at radius 1 is 1.16 bits per heavy atom. The molecule has 5 rings (SSSR count). The Balaban J connectivity index is 1.79. The van der Waals surface area contributed by atoms with Gasteiger partial charge in [-0.1, -0.05) is 37.6 Å². The topological polar surface area (TPSA) is 61.8 Å². The third-order valence-electron chi connectivity index (χ3n) is 5.68. The second-order valence-corrected chi connectivity index (χ2v) is 9.75. The summed E-state index contributed by atoms with van der Waals surface area (Å²) in [4.78, 5) is 25.1. The molecule has 3 aliphatic rings. The van der Waals surface area contributed by atoms with Gasteiger partial charge in [0, 0.05) is 33.3 Å². The predicted molar refractivity (Wildman–Crippen MR) is 131 cm³/mol. The molecule has 2 aromatic rings. The minimum Gasteiger partial charge on any atom is -0.492 e. The van der Waals surface area contributed by atoms with E-state index in [0.29, 0.717) is 29.3 Å². The molecule has 1 spiro atoms. The normalized spacial score (nSPS) is 20.9. The molecule has 0 radical (unpaired) electrons. The van der Waals surface area contributed by atoms with Crippen LogP contribution in [0.3, 0.4) is 0 Å². The molecule has 0 saturated heterocycles. The van der Waals surface area contributed by atoms with Gasteiger partial charge in [-0.15, -0.1) is 0 Å². The van der Waals surface area contributed by atoms with Crippen LogP contribution in [-0.4, -0.2) is 18.4 Å². The second-order valence-electron chi connectivity index (χ2n) is 7.59. The Hall–Kier alpha value is -1.88. The van der Waals surface area contributed by atoms with Crippen molar-refractivity contribution in [1.29, 1.82) is 0 Å². The van der Waals surface area contributed by atoms with E-state index in [9.17, 15) is 9.59 Å². The number of fused-ring (bicyclic) bond motifs is 6. The molecule has 0 amide bonds. The van der Waals surface area contributed by atoms with E-state index in [1.54, 1.807) is 6.07 Å². The first kappa shape index (κ1) is 21.0. The summed E-state index contributed by atoms with van der Waals surface area (Å²) in [5.74, 6) is 1.26. The van der Waals surface area contributed by atoms with Crippen LogP contribution in [0.25, 0.3) is 0 Å². The fourth-order valence-electron chi connectivity index (χ4n) is 4.26. The molecule has 158 valence electrons. The molecule has 2 heterocycles. The zero-order chi connectivity index (χ0) is 21.8. The van der Waals surface area contributed by atoms with Crippen LogP contribution in [0, 0.1) is 7.14 Å². The molecule has 1 unspecified atom stereocenters. The molecule has 2 aliphatic heterocycles. The monoisotopic (exact) mass is 640 g/mol. The number of esters is 1. The zero-order valence-corrected chi connectivity index (χ0v) is 21.0. The van der Waals surface area contributed by atoms with Crippen molar-refractivity contribution in [3.05, 3.63) is 77.6 Å². The summed E-state index contributed by atoms with van der Waals surface area (Å²) in [6.07, 6.45) is 5.55. The number of carbonyl (C=O) groups excluding carboxylic acids is 2. The second kappa shape index (κ2) is 7.91. The van der Waals surface area contributed by atoms with Crippen LogP contribution in [0.5, 0.6) is 11.5 Å². The molecule has 1 atom stereocenters. The van der Waals surface area contributed by atoms with Crippen LogP contribution in [0.1, 0.15) is 47.7 Å². The maximum Gasteiger partial charge on any atom is 0.340 e. The van der Waals surface area contributed by atoms with Gasteiger partial charge < -0.3 is 14.2 Å². The molecule has 0 fully saturated rings. The summed E-state index contributed by atoms with van der Waals surface area (Å²) in [6.45, 7) is 2.72. The first-order chi connectivity index (χ1) is 15.0. The first-order valence-corrected chi connectivity index (χ1v) is 12.2. The molecule has 0 N–H and O–H groups in total. The van der Waals surface area contributed by atoms with Gasteiger partial charge in [0.15, 0.2) is 11.4 Å². The van der Waals surface area contributed by atoms with Gasteiger partial charge in [-0.2, -0.15) is 0 Å². The van der Waals surface area contributed by atoms with Gasteiger partial charge in [0.25, 0.3) is 0 Å². The molecule has 31 heavy (non-hydrogen) atoms. The summed E-state index contributed by atoms with van der Waals surface area (Å²) in [7, 11) is 0. The molecule has 0 saturated carbocycles. The summed E-state index contributed by atoms with van der Waals surface area (Å²) in [6, 6.07) is 9.27. The number of hydrogen-bond acceptors (Lipinski definition) is 5. The highest BCUT2D eigenvalue weighted by molar-refractivity contribution is 14.1. The Morgan fingerprint density at radius 3 is 2.77 bits per heavy atom. The first-order valence-electron chi connectivity index (χ1n) is 10.1. The molecule has 1 aliphatic carbocycles. The number of benzene rings is 2.